The van der Waals surface area contributed by atoms with Crippen LogP contribution in [0.2, 0.25) is 0 Å². The van der Waals surface area contributed by atoms with E-state index in [1.165, 1.54) is 0 Å². The number of aromatic carboxylic acids is 1. The van der Waals surface area contributed by atoms with Gasteiger partial charge in [0.2, 0.25) is 0 Å². The van der Waals surface area contributed by atoms with Crippen molar-refractivity contribution in [1.29, 1.82) is 0 Å². The van der Waals surface area contributed by atoms with Crippen LogP contribution in [0.4, 0.5) is 0 Å². The summed E-state index contributed by atoms with van der Waals surface area (Å²) < 4.78 is 0. The number of hydrogen-bond donors (Lipinski definition) is 2. The predicted octanol–water partition coefficient (Wildman–Crippen LogP) is 3.75. The predicted molar refractivity (Wildman–Crippen MR) is 75.7 cm³/mol. The Hall–Kier alpha value is -2.29. The summed E-state index contributed by atoms with van der Waals surface area (Å²) in [6, 6.07) is 8.86. The SMILES string of the molecule is CC(C)=CCc1c(C(=O)O)cc2ccccc2c1O. The highest BCUT2D eigenvalue weighted by atomic mass is 16.4. The Morgan fingerprint density at radius 2 is 1.95 bits per heavy atom. The van der Waals surface area contributed by atoms with Gasteiger partial charge in [0.25, 0.3) is 0 Å². The van der Waals surface area contributed by atoms with E-state index >= 15 is 0 Å². The van der Waals surface area contributed by atoms with Crippen molar-refractivity contribution in [1.82, 2.24) is 0 Å². The number of rotatable bonds is 3. The highest BCUT2D eigenvalue weighted by Gasteiger charge is 2.16. The van der Waals surface area contributed by atoms with Crippen molar-refractivity contribution in [3.8, 4) is 5.75 Å². The average molecular weight is 256 g/mol. The number of carbonyl (C=O) groups is 1. The normalized spacial score (nSPS) is 10.4. The fourth-order valence-corrected chi connectivity index (χ4v) is 2.07. The molecule has 0 unspecified atom stereocenters. The summed E-state index contributed by atoms with van der Waals surface area (Å²) >= 11 is 0. The Labute approximate surface area is 111 Å². The summed E-state index contributed by atoms with van der Waals surface area (Å²) in [5.41, 5.74) is 1.71. The number of phenolic OH excluding ortho intramolecular Hbond substituents is 1. The molecule has 0 heterocycles. The Morgan fingerprint density at radius 3 is 2.58 bits per heavy atom. The number of phenols is 1. The van der Waals surface area contributed by atoms with Crippen molar-refractivity contribution in [2.24, 2.45) is 0 Å². The van der Waals surface area contributed by atoms with E-state index in [0.29, 0.717) is 17.4 Å². The number of allylic oxidation sites excluding steroid dienone is 2. The fraction of sp³-hybridized carbons (Fsp3) is 0.188. The number of carboxylic acid groups (broad SMARTS) is 1. The zero-order valence-corrected chi connectivity index (χ0v) is 11.0. The van der Waals surface area contributed by atoms with E-state index in [-0.39, 0.29) is 11.3 Å². The number of aromatic hydroxyl groups is 1. The molecule has 3 nitrogen and oxygen atoms in total. The van der Waals surface area contributed by atoms with E-state index < -0.39 is 5.97 Å². The van der Waals surface area contributed by atoms with E-state index in [4.69, 9.17) is 0 Å². The van der Waals surface area contributed by atoms with Crippen molar-refractivity contribution in [2.75, 3.05) is 0 Å². The lowest BCUT2D eigenvalue weighted by Crippen LogP contribution is -2.03. The Bertz CT molecular complexity index is 665. The molecule has 2 aromatic rings. The monoisotopic (exact) mass is 256 g/mol. The molecule has 0 amide bonds. The van der Waals surface area contributed by atoms with E-state index in [0.717, 1.165) is 11.0 Å². The molecule has 2 N–H and O–H groups in total. The molecule has 0 bridgehead atoms. The van der Waals surface area contributed by atoms with Crippen molar-refractivity contribution < 1.29 is 15.0 Å². The van der Waals surface area contributed by atoms with Crippen molar-refractivity contribution in [3.05, 3.63) is 53.1 Å². The zero-order valence-electron chi connectivity index (χ0n) is 11.0. The number of benzene rings is 2. The summed E-state index contributed by atoms with van der Waals surface area (Å²) in [4.78, 5) is 11.3. The van der Waals surface area contributed by atoms with Gasteiger partial charge < -0.3 is 10.2 Å². The minimum Gasteiger partial charge on any atom is -0.507 e. The maximum Gasteiger partial charge on any atom is 0.336 e. The van der Waals surface area contributed by atoms with Crippen LogP contribution < -0.4 is 0 Å². The topological polar surface area (TPSA) is 57.5 Å². The molecule has 2 aromatic carbocycles. The summed E-state index contributed by atoms with van der Waals surface area (Å²) in [5, 5.41) is 21.0. The molecule has 0 fully saturated rings. The molecular formula is C16H16O3. The molecular weight excluding hydrogens is 240 g/mol. The van der Waals surface area contributed by atoms with Gasteiger partial charge >= 0.3 is 5.97 Å². The molecule has 0 spiro atoms. The quantitative estimate of drug-likeness (QED) is 0.822. The van der Waals surface area contributed by atoms with Crippen molar-refractivity contribution in [2.45, 2.75) is 20.3 Å². The van der Waals surface area contributed by atoms with Crippen LogP contribution in [0.1, 0.15) is 29.8 Å². The van der Waals surface area contributed by atoms with Gasteiger partial charge in [-0.15, -0.1) is 0 Å². The van der Waals surface area contributed by atoms with E-state index in [1.807, 2.05) is 32.1 Å². The smallest absolute Gasteiger partial charge is 0.336 e. The number of fused-ring (bicyclic) bond motifs is 1. The lowest BCUT2D eigenvalue weighted by molar-refractivity contribution is 0.0695. The largest absolute Gasteiger partial charge is 0.507 e. The first-order chi connectivity index (χ1) is 9.00. The molecule has 0 atom stereocenters. The Kier molecular flexibility index (Phi) is 3.56. The zero-order chi connectivity index (χ0) is 14.0. The highest BCUT2D eigenvalue weighted by molar-refractivity contribution is 5.99. The summed E-state index contributed by atoms with van der Waals surface area (Å²) in [6.45, 7) is 3.89. The van der Waals surface area contributed by atoms with Crippen LogP contribution >= 0.6 is 0 Å². The van der Waals surface area contributed by atoms with Crippen LogP contribution in [0.3, 0.4) is 0 Å². The first kappa shape index (κ1) is 13.1. The minimum atomic E-state index is -1.02. The molecule has 0 saturated heterocycles. The second-order valence-electron chi connectivity index (χ2n) is 4.76. The second-order valence-corrected chi connectivity index (χ2v) is 4.76. The third-order valence-electron chi connectivity index (χ3n) is 3.07. The summed E-state index contributed by atoms with van der Waals surface area (Å²) in [7, 11) is 0. The lowest BCUT2D eigenvalue weighted by atomic mass is 9.96. The molecule has 2 rings (SSSR count). The van der Waals surface area contributed by atoms with Crippen LogP contribution in [0, 0.1) is 0 Å². The van der Waals surface area contributed by atoms with Gasteiger partial charge in [0.15, 0.2) is 0 Å². The van der Waals surface area contributed by atoms with Gasteiger partial charge in [0, 0.05) is 10.9 Å². The van der Waals surface area contributed by atoms with E-state index in [9.17, 15) is 15.0 Å². The van der Waals surface area contributed by atoms with Gasteiger partial charge in [-0.25, -0.2) is 4.79 Å². The molecule has 0 saturated carbocycles. The van der Waals surface area contributed by atoms with Crippen LogP contribution in [0.25, 0.3) is 10.8 Å². The third-order valence-corrected chi connectivity index (χ3v) is 3.07. The lowest BCUT2D eigenvalue weighted by Gasteiger charge is -2.10. The molecule has 19 heavy (non-hydrogen) atoms. The fourth-order valence-electron chi connectivity index (χ4n) is 2.07. The molecule has 0 aromatic heterocycles. The Balaban J connectivity index is 2.71. The maximum absolute atomic E-state index is 11.3. The van der Waals surface area contributed by atoms with Crippen molar-refractivity contribution >= 4 is 16.7 Å². The van der Waals surface area contributed by atoms with Crippen LogP contribution in [0.5, 0.6) is 5.75 Å². The molecule has 0 radical (unpaired) electrons. The van der Waals surface area contributed by atoms with Gasteiger partial charge in [-0.05, 0) is 31.7 Å². The first-order valence-corrected chi connectivity index (χ1v) is 6.11. The molecule has 0 aliphatic carbocycles. The number of hydrogen-bond acceptors (Lipinski definition) is 2. The molecule has 0 aliphatic heterocycles. The second kappa shape index (κ2) is 5.14. The molecule has 3 heteroatoms. The average Bonchev–Trinajstić information content (AvgIpc) is 2.37. The first-order valence-electron chi connectivity index (χ1n) is 6.11. The summed E-state index contributed by atoms with van der Waals surface area (Å²) in [5.74, 6) is -0.953. The van der Waals surface area contributed by atoms with Gasteiger partial charge in [-0.2, -0.15) is 0 Å². The van der Waals surface area contributed by atoms with Gasteiger partial charge in [0.1, 0.15) is 5.75 Å². The van der Waals surface area contributed by atoms with E-state index in [2.05, 4.69) is 0 Å². The standard InChI is InChI=1S/C16H16O3/c1-10(2)7-8-13-14(16(18)19)9-11-5-3-4-6-12(11)15(13)17/h3-7,9,17H,8H2,1-2H3,(H,18,19). The molecule has 0 aliphatic rings. The van der Waals surface area contributed by atoms with Crippen LogP contribution in [0.15, 0.2) is 42.0 Å². The Morgan fingerprint density at radius 1 is 1.26 bits per heavy atom. The minimum absolute atomic E-state index is 0.0630. The summed E-state index contributed by atoms with van der Waals surface area (Å²) in [6.07, 6.45) is 2.33. The third kappa shape index (κ3) is 2.60. The molecule has 98 valence electrons. The van der Waals surface area contributed by atoms with Gasteiger partial charge in [-0.1, -0.05) is 35.9 Å². The van der Waals surface area contributed by atoms with E-state index in [1.54, 1.807) is 18.2 Å². The van der Waals surface area contributed by atoms with Gasteiger partial charge in [-0.3, -0.25) is 0 Å². The van der Waals surface area contributed by atoms with Crippen LogP contribution in [-0.2, 0) is 6.42 Å². The number of carboxylic acids is 1. The highest BCUT2D eigenvalue weighted by Crippen LogP contribution is 2.32. The van der Waals surface area contributed by atoms with Crippen LogP contribution in [-0.4, -0.2) is 16.2 Å². The van der Waals surface area contributed by atoms with Gasteiger partial charge in [0.05, 0.1) is 5.56 Å². The van der Waals surface area contributed by atoms with Crippen molar-refractivity contribution in [3.63, 3.8) is 0 Å². The maximum atomic E-state index is 11.3.